The molecule has 98 valence electrons. The first-order valence-corrected chi connectivity index (χ1v) is 6.40. The molecule has 0 aromatic carbocycles. The van der Waals surface area contributed by atoms with E-state index in [1.165, 1.54) is 0 Å². The van der Waals surface area contributed by atoms with Crippen molar-refractivity contribution in [1.82, 2.24) is 14.5 Å². The molecule has 0 atom stereocenters. The van der Waals surface area contributed by atoms with E-state index in [2.05, 4.69) is 35.3 Å². The summed E-state index contributed by atoms with van der Waals surface area (Å²) in [4.78, 5) is 9.10. The second kappa shape index (κ2) is 4.23. The van der Waals surface area contributed by atoms with E-state index in [0.717, 1.165) is 29.3 Å². The van der Waals surface area contributed by atoms with Crippen LogP contribution in [0.2, 0.25) is 0 Å². The summed E-state index contributed by atoms with van der Waals surface area (Å²) in [5.74, 6) is 1.62. The number of aromatic nitrogens is 3. The van der Waals surface area contributed by atoms with Gasteiger partial charge in [-0.15, -0.1) is 0 Å². The van der Waals surface area contributed by atoms with Gasteiger partial charge in [0, 0.05) is 12.7 Å². The lowest BCUT2D eigenvalue weighted by molar-refractivity contribution is 0.348. The van der Waals surface area contributed by atoms with E-state index in [9.17, 15) is 0 Å². The fourth-order valence-corrected chi connectivity index (χ4v) is 2.18. The smallest absolute Gasteiger partial charge is 0.178 e. The van der Waals surface area contributed by atoms with E-state index in [4.69, 9.17) is 4.42 Å². The molecule has 4 heteroatoms. The van der Waals surface area contributed by atoms with E-state index < -0.39 is 0 Å². The van der Waals surface area contributed by atoms with E-state index in [0.29, 0.717) is 0 Å². The van der Waals surface area contributed by atoms with Gasteiger partial charge in [-0.05, 0) is 29.7 Å². The van der Waals surface area contributed by atoms with E-state index in [1.54, 1.807) is 12.5 Å². The highest BCUT2D eigenvalue weighted by Gasteiger charge is 2.20. The minimum absolute atomic E-state index is 0.145. The van der Waals surface area contributed by atoms with Crippen LogP contribution in [0.25, 0.3) is 22.7 Å². The number of fused-ring (bicyclic) bond motifs is 1. The molecule has 4 nitrogen and oxygen atoms in total. The minimum atomic E-state index is 0.145. The molecule has 3 heterocycles. The lowest BCUT2D eigenvalue weighted by Crippen LogP contribution is -2.16. The summed E-state index contributed by atoms with van der Waals surface area (Å²) in [6.45, 7) is 7.45. The van der Waals surface area contributed by atoms with Crippen molar-refractivity contribution in [1.29, 1.82) is 0 Å². The summed E-state index contributed by atoms with van der Waals surface area (Å²) in [5, 5.41) is 0. The average Bonchev–Trinajstić information content (AvgIpc) is 2.95. The second-order valence-electron chi connectivity index (χ2n) is 5.91. The molecule has 3 aromatic rings. The molecule has 0 saturated carbocycles. The standard InChI is InChI=1S/C15H17N3O/c1-15(2,3)10-18-13-11(6-4-8-16-13)17-14(18)12-7-5-9-19-12/h4-9H,10H2,1-3H3. The molecular weight excluding hydrogens is 238 g/mol. The van der Waals surface area contributed by atoms with Crippen LogP contribution >= 0.6 is 0 Å². The lowest BCUT2D eigenvalue weighted by Gasteiger charge is -2.20. The van der Waals surface area contributed by atoms with Crippen LogP contribution in [0.5, 0.6) is 0 Å². The molecule has 0 amide bonds. The molecule has 0 spiro atoms. The highest BCUT2D eigenvalue weighted by Crippen LogP contribution is 2.27. The zero-order chi connectivity index (χ0) is 13.5. The lowest BCUT2D eigenvalue weighted by atomic mass is 9.97. The van der Waals surface area contributed by atoms with Crippen molar-refractivity contribution in [2.45, 2.75) is 27.3 Å². The number of rotatable bonds is 2. The molecule has 19 heavy (non-hydrogen) atoms. The van der Waals surface area contributed by atoms with Gasteiger partial charge in [-0.3, -0.25) is 0 Å². The number of hydrogen-bond acceptors (Lipinski definition) is 3. The Morgan fingerprint density at radius 3 is 2.74 bits per heavy atom. The fraction of sp³-hybridized carbons (Fsp3) is 0.333. The van der Waals surface area contributed by atoms with Crippen molar-refractivity contribution in [3.8, 4) is 11.6 Å². The zero-order valence-electron chi connectivity index (χ0n) is 11.4. The Kier molecular flexibility index (Phi) is 2.66. The minimum Gasteiger partial charge on any atom is -0.461 e. The molecule has 0 aliphatic heterocycles. The summed E-state index contributed by atoms with van der Waals surface area (Å²) in [5.41, 5.74) is 1.95. The van der Waals surface area contributed by atoms with Gasteiger partial charge in [0.15, 0.2) is 17.2 Å². The maximum absolute atomic E-state index is 5.49. The normalized spacial score (nSPS) is 12.2. The monoisotopic (exact) mass is 255 g/mol. The van der Waals surface area contributed by atoms with Crippen molar-refractivity contribution >= 4 is 11.2 Å². The summed E-state index contributed by atoms with van der Waals surface area (Å²) < 4.78 is 7.63. The number of hydrogen-bond donors (Lipinski definition) is 0. The summed E-state index contributed by atoms with van der Waals surface area (Å²) in [7, 11) is 0. The molecule has 0 N–H and O–H groups in total. The highest BCUT2D eigenvalue weighted by molar-refractivity contribution is 5.75. The molecule has 0 unspecified atom stereocenters. The van der Waals surface area contributed by atoms with Gasteiger partial charge in [-0.25, -0.2) is 9.97 Å². The molecule has 0 bridgehead atoms. The molecule has 0 radical (unpaired) electrons. The quantitative estimate of drug-likeness (QED) is 0.700. The first-order chi connectivity index (χ1) is 9.04. The van der Waals surface area contributed by atoms with Gasteiger partial charge in [-0.1, -0.05) is 20.8 Å². The Bertz CT molecular complexity index is 690. The Morgan fingerprint density at radius 2 is 2.05 bits per heavy atom. The van der Waals surface area contributed by atoms with Crippen LogP contribution in [-0.4, -0.2) is 14.5 Å². The van der Waals surface area contributed by atoms with Crippen molar-refractivity contribution in [2.75, 3.05) is 0 Å². The third-order valence-corrected chi connectivity index (χ3v) is 2.88. The third kappa shape index (κ3) is 2.26. The van der Waals surface area contributed by atoms with Gasteiger partial charge in [0.05, 0.1) is 6.26 Å². The van der Waals surface area contributed by atoms with Gasteiger partial charge in [-0.2, -0.15) is 0 Å². The van der Waals surface area contributed by atoms with E-state index in [-0.39, 0.29) is 5.41 Å². The largest absolute Gasteiger partial charge is 0.461 e. The van der Waals surface area contributed by atoms with Crippen LogP contribution < -0.4 is 0 Å². The summed E-state index contributed by atoms with van der Waals surface area (Å²) >= 11 is 0. The molecular formula is C15H17N3O. The Balaban J connectivity index is 2.23. The van der Waals surface area contributed by atoms with Gasteiger partial charge in [0.25, 0.3) is 0 Å². The zero-order valence-corrected chi connectivity index (χ0v) is 11.4. The molecule has 0 aliphatic carbocycles. The van der Waals surface area contributed by atoms with Crippen LogP contribution in [0.15, 0.2) is 41.1 Å². The number of furan rings is 1. The summed E-state index contributed by atoms with van der Waals surface area (Å²) in [6.07, 6.45) is 3.47. The maximum Gasteiger partial charge on any atom is 0.178 e. The van der Waals surface area contributed by atoms with Gasteiger partial charge < -0.3 is 8.98 Å². The number of imidazole rings is 1. The molecule has 3 aromatic heterocycles. The van der Waals surface area contributed by atoms with Crippen LogP contribution in [-0.2, 0) is 6.54 Å². The SMILES string of the molecule is CC(C)(C)Cn1c(-c2ccco2)nc2cccnc21. The van der Waals surface area contributed by atoms with Crippen LogP contribution in [0.4, 0.5) is 0 Å². The van der Waals surface area contributed by atoms with Crippen molar-refractivity contribution < 1.29 is 4.42 Å². The van der Waals surface area contributed by atoms with Crippen molar-refractivity contribution in [3.05, 3.63) is 36.7 Å². The molecule has 0 fully saturated rings. The molecule has 0 saturated heterocycles. The van der Waals surface area contributed by atoms with Crippen LogP contribution in [0, 0.1) is 5.41 Å². The number of pyridine rings is 1. The van der Waals surface area contributed by atoms with Crippen molar-refractivity contribution in [3.63, 3.8) is 0 Å². The molecule has 0 aliphatic rings. The fourth-order valence-electron chi connectivity index (χ4n) is 2.18. The second-order valence-corrected chi connectivity index (χ2v) is 5.91. The Hall–Kier alpha value is -2.10. The Morgan fingerprint density at radius 1 is 1.21 bits per heavy atom. The summed E-state index contributed by atoms with van der Waals surface area (Å²) in [6, 6.07) is 7.69. The number of nitrogens with zero attached hydrogens (tertiary/aromatic N) is 3. The maximum atomic E-state index is 5.49. The third-order valence-electron chi connectivity index (χ3n) is 2.88. The average molecular weight is 255 g/mol. The van der Waals surface area contributed by atoms with Gasteiger partial charge in [0.1, 0.15) is 5.52 Å². The van der Waals surface area contributed by atoms with Gasteiger partial charge in [0.2, 0.25) is 0 Å². The first kappa shape index (κ1) is 12.0. The predicted octanol–water partition coefficient (Wildman–Crippen LogP) is 3.74. The predicted molar refractivity (Wildman–Crippen MR) is 74.7 cm³/mol. The van der Waals surface area contributed by atoms with Gasteiger partial charge >= 0.3 is 0 Å². The Labute approximate surface area is 112 Å². The van der Waals surface area contributed by atoms with Crippen molar-refractivity contribution in [2.24, 2.45) is 5.41 Å². The van der Waals surface area contributed by atoms with Crippen LogP contribution in [0.3, 0.4) is 0 Å². The topological polar surface area (TPSA) is 43.9 Å². The molecule has 3 rings (SSSR count). The van der Waals surface area contributed by atoms with E-state index >= 15 is 0 Å². The van der Waals surface area contributed by atoms with E-state index in [1.807, 2.05) is 24.3 Å². The first-order valence-electron chi connectivity index (χ1n) is 6.40. The van der Waals surface area contributed by atoms with Crippen LogP contribution in [0.1, 0.15) is 20.8 Å². The highest BCUT2D eigenvalue weighted by atomic mass is 16.3.